The summed E-state index contributed by atoms with van der Waals surface area (Å²) in [5.41, 5.74) is 2.76. The largest absolute Gasteiger partial charge is 0.495 e. The van der Waals surface area contributed by atoms with Crippen LogP contribution in [0.4, 0.5) is 18.9 Å². The lowest BCUT2D eigenvalue weighted by Crippen LogP contribution is -2.57. The summed E-state index contributed by atoms with van der Waals surface area (Å²) in [7, 11) is 5.66. The number of benzene rings is 2. The second kappa shape index (κ2) is 10.0. The molecule has 3 heterocycles. The lowest BCUT2D eigenvalue weighted by atomic mass is 9.89. The molecule has 0 aromatic heterocycles. The van der Waals surface area contributed by atoms with E-state index in [1.165, 1.54) is 0 Å². The van der Waals surface area contributed by atoms with Gasteiger partial charge in [0.1, 0.15) is 5.75 Å². The minimum Gasteiger partial charge on any atom is -0.495 e. The predicted molar refractivity (Wildman–Crippen MR) is 137 cm³/mol. The van der Waals surface area contributed by atoms with Crippen molar-refractivity contribution in [2.45, 2.75) is 37.9 Å². The molecule has 3 atom stereocenters. The highest BCUT2D eigenvalue weighted by Gasteiger charge is 2.41. The highest BCUT2D eigenvalue weighted by Crippen LogP contribution is 2.38. The molecule has 1 amide bonds. The Bertz CT molecular complexity index is 1200. The maximum absolute atomic E-state index is 14.1. The van der Waals surface area contributed by atoms with Gasteiger partial charge in [0, 0.05) is 37.3 Å². The van der Waals surface area contributed by atoms with E-state index in [4.69, 9.17) is 4.74 Å². The lowest BCUT2D eigenvalue weighted by Gasteiger charge is -2.48. The molecule has 0 aliphatic carbocycles. The van der Waals surface area contributed by atoms with E-state index in [1.807, 2.05) is 36.2 Å². The van der Waals surface area contributed by atoms with Gasteiger partial charge < -0.3 is 19.4 Å². The number of carbonyl (C=O) groups excluding carboxylic acids is 1. The second-order valence-corrected chi connectivity index (χ2v) is 10.5. The number of ether oxygens (including phenoxy) is 1. The van der Waals surface area contributed by atoms with Gasteiger partial charge in [-0.2, -0.15) is 0 Å². The van der Waals surface area contributed by atoms with E-state index >= 15 is 0 Å². The minimum atomic E-state index is -1.50. The van der Waals surface area contributed by atoms with Gasteiger partial charge in [0.15, 0.2) is 17.5 Å². The predicted octanol–water partition coefficient (Wildman–Crippen LogP) is 4.27. The van der Waals surface area contributed by atoms with E-state index in [9.17, 15) is 18.0 Å². The van der Waals surface area contributed by atoms with Crippen LogP contribution in [-0.2, 0) is 4.79 Å². The molecule has 0 N–H and O–H groups in total. The van der Waals surface area contributed by atoms with Crippen LogP contribution >= 0.6 is 0 Å². The van der Waals surface area contributed by atoms with Crippen molar-refractivity contribution in [2.24, 2.45) is 0 Å². The minimum absolute atomic E-state index is 0.0874. The number of amides is 1. The first-order chi connectivity index (χ1) is 17.7. The van der Waals surface area contributed by atoms with Gasteiger partial charge in [-0.05, 0) is 75.3 Å². The van der Waals surface area contributed by atoms with Gasteiger partial charge in [-0.25, -0.2) is 13.2 Å². The number of fused-ring (bicyclic) bond motifs is 1. The number of carbonyl (C=O) groups is 1. The number of nitrogens with zero attached hydrogens (tertiary/aromatic N) is 4. The van der Waals surface area contributed by atoms with Crippen LogP contribution in [0.15, 0.2) is 35.9 Å². The van der Waals surface area contributed by atoms with Crippen molar-refractivity contribution in [3.63, 3.8) is 0 Å². The standard InChI is InChI=1S/C28H33F3N4O2/c1-17-13-34(16-33(17)3)24-8-5-18(10-26(24)37-4)9-19-6-7-21-14-32(2)15-25(35(21)28(19)36)20-11-22(29)27(31)23(30)12-20/h5,8-12,17,21,25H,6-7,13-16H2,1-4H3/b19-9+. The zero-order valence-electron chi connectivity index (χ0n) is 21.7. The Labute approximate surface area is 215 Å². The summed E-state index contributed by atoms with van der Waals surface area (Å²) in [5, 5.41) is 0. The first-order valence-electron chi connectivity index (χ1n) is 12.7. The molecule has 2 aromatic rings. The van der Waals surface area contributed by atoms with Crippen molar-refractivity contribution in [3.8, 4) is 5.75 Å². The maximum Gasteiger partial charge on any atom is 0.250 e. The van der Waals surface area contributed by atoms with Crippen molar-refractivity contribution >= 4 is 17.7 Å². The number of piperidine rings is 1. The number of likely N-dealkylation sites (N-methyl/N-ethyl adjacent to an activating group) is 2. The van der Waals surface area contributed by atoms with Crippen molar-refractivity contribution in [1.29, 1.82) is 0 Å². The zero-order chi connectivity index (χ0) is 26.4. The fourth-order valence-electron chi connectivity index (χ4n) is 5.81. The fourth-order valence-corrected chi connectivity index (χ4v) is 5.81. The molecule has 37 heavy (non-hydrogen) atoms. The number of piperazine rings is 1. The molecule has 0 radical (unpaired) electrons. The summed E-state index contributed by atoms with van der Waals surface area (Å²) in [6.07, 6.45) is 3.22. The quantitative estimate of drug-likeness (QED) is 0.450. The zero-order valence-corrected chi connectivity index (χ0v) is 21.7. The van der Waals surface area contributed by atoms with Crippen molar-refractivity contribution in [2.75, 3.05) is 52.4 Å². The van der Waals surface area contributed by atoms with Gasteiger partial charge in [-0.1, -0.05) is 6.07 Å². The molecule has 5 rings (SSSR count). The average molecular weight is 515 g/mol. The van der Waals surface area contributed by atoms with E-state index in [1.54, 1.807) is 12.0 Å². The highest BCUT2D eigenvalue weighted by atomic mass is 19.2. The summed E-state index contributed by atoms with van der Waals surface area (Å²) in [4.78, 5) is 22.1. The number of rotatable bonds is 4. The van der Waals surface area contributed by atoms with E-state index in [-0.39, 0.29) is 17.5 Å². The Morgan fingerprint density at radius 1 is 1.03 bits per heavy atom. The molecule has 3 aliphatic heterocycles. The molecule has 0 spiro atoms. The SMILES string of the molecule is COc1cc(/C=C2\CCC3CN(C)CC(c4cc(F)c(F)c(F)c4)N3C2=O)ccc1N1CC(C)N(C)C1. The van der Waals surface area contributed by atoms with E-state index in [0.29, 0.717) is 31.1 Å². The van der Waals surface area contributed by atoms with Crippen LogP contribution in [0, 0.1) is 17.5 Å². The summed E-state index contributed by atoms with van der Waals surface area (Å²) < 4.78 is 47.5. The highest BCUT2D eigenvalue weighted by molar-refractivity contribution is 5.99. The van der Waals surface area contributed by atoms with Gasteiger partial charge in [-0.15, -0.1) is 0 Å². The molecule has 198 valence electrons. The molecule has 3 unspecified atom stereocenters. The molecule has 3 saturated heterocycles. The first kappa shape index (κ1) is 25.6. The van der Waals surface area contributed by atoms with E-state index in [0.717, 1.165) is 48.8 Å². The summed E-state index contributed by atoms with van der Waals surface area (Å²) in [6.45, 7) is 4.99. The van der Waals surface area contributed by atoms with Crippen LogP contribution in [0.3, 0.4) is 0 Å². The Balaban J connectivity index is 1.44. The Kier molecular flexibility index (Phi) is 6.93. The Hall–Kier alpha value is -3.04. The Morgan fingerprint density at radius 2 is 1.76 bits per heavy atom. The van der Waals surface area contributed by atoms with Crippen molar-refractivity contribution in [1.82, 2.24) is 14.7 Å². The van der Waals surface area contributed by atoms with Crippen LogP contribution in [-0.4, -0.2) is 80.2 Å². The number of anilines is 1. The average Bonchev–Trinajstić information content (AvgIpc) is 3.21. The number of halogens is 3. The summed E-state index contributed by atoms with van der Waals surface area (Å²) in [6, 6.07) is 7.74. The lowest BCUT2D eigenvalue weighted by molar-refractivity contribution is -0.138. The maximum atomic E-state index is 14.1. The Morgan fingerprint density at radius 3 is 2.41 bits per heavy atom. The summed E-state index contributed by atoms with van der Waals surface area (Å²) >= 11 is 0. The third kappa shape index (κ3) is 4.82. The smallest absolute Gasteiger partial charge is 0.250 e. The molecule has 0 bridgehead atoms. The third-order valence-electron chi connectivity index (χ3n) is 7.90. The molecule has 9 heteroatoms. The van der Waals surface area contributed by atoms with Crippen LogP contribution in [0.1, 0.15) is 36.9 Å². The molecule has 3 aliphatic rings. The number of methoxy groups -OCH3 is 1. The van der Waals surface area contributed by atoms with Crippen LogP contribution in [0.2, 0.25) is 0 Å². The molecule has 3 fully saturated rings. The second-order valence-electron chi connectivity index (χ2n) is 10.5. The van der Waals surface area contributed by atoms with Gasteiger partial charge in [0.25, 0.3) is 5.91 Å². The van der Waals surface area contributed by atoms with E-state index in [2.05, 4.69) is 23.8 Å². The van der Waals surface area contributed by atoms with E-state index < -0.39 is 23.5 Å². The summed E-state index contributed by atoms with van der Waals surface area (Å²) in [5.74, 6) is -3.40. The number of hydrogen-bond acceptors (Lipinski definition) is 5. The van der Waals surface area contributed by atoms with Gasteiger partial charge in [0.05, 0.1) is 25.5 Å². The normalized spacial score (nSPS) is 26.2. The first-order valence-corrected chi connectivity index (χ1v) is 12.7. The molecule has 6 nitrogen and oxygen atoms in total. The molecule has 2 aromatic carbocycles. The topological polar surface area (TPSA) is 39.3 Å². The van der Waals surface area contributed by atoms with Gasteiger partial charge in [-0.3, -0.25) is 9.69 Å². The van der Waals surface area contributed by atoms with Gasteiger partial charge >= 0.3 is 0 Å². The molecule has 0 saturated carbocycles. The van der Waals surface area contributed by atoms with Crippen LogP contribution < -0.4 is 9.64 Å². The van der Waals surface area contributed by atoms with Crippen molar-refractivity contribution < 1.29 is 22.7 Å². The third-order valence-corrected chi connectivity index (χ3v) is 7.90. The van der Waals surface area contributed by atoms with Crippen LogP contribution in [0.25, 0.3) is 6.08 Å². The number of hydrogen-bond donors (Lipinski definition) is 0. The monoisotopic (exact) mass is 514 g/mol. The van der Waals surface area contributed by atoms with Crippen LogP contribution in [0.5, 0.6) is 5.75 Å². The molecular weight excluding hydrogens is 481 g/mol. The fraction of sp³-hybridized carbons (Fsp3) is 0.464. The molecular formula is C28H33F3N4O2. The van der Waals surface area contributed by atoms with Gasteiger partial charge in [0.2, 0.25) is 0 Å². The van der Waals surface area contributed by atoms with Crippen molar-refractivity contribution in [3.05, 3.63) is 64.5 Å².